The van der Waals surface area contributed by atoms with Crippen LogP contribution in [-0.4, -0.2) is 28.8 Å². The Bertz CT molecular complexity index is 1110. The topological polar surface area (TPSA) is 55.5 Å². The molecule has 0 bridgehead atoms. The third kappa shape index (κ3) is 2.68. The van der Waals surface area contributed by atoms with Crippen LogP contribution in [0, 0.1) is 0 Å². The van der Waals surface area contributed by atoms with Gasteiger partial charge in [-0.1, -0.05) is 30.3 Å². The van der Waals surface area contributed by atoms with Gasteiger partial charge in [-0.2, -0.15) is 0 Å². The van der Waals surface area contributed by atoms with E-state index in [4.69, 9.17) is 9.07 Å². The second-order valence-corrected chi connectivity index (χ2v) is 7.77. The van der Waals surface area contributed by atoms with Crippen LogP contribution in [0.3, 0.4) is 0 Å². The van der Waals surface area contributed by atoms with Crippen molar-refractivity contribution in [2.45, 2.75) is 38.9 Å². The van der Waals surface area contributed by atoms with Crippen LogP contribution in [0.15, 0.2) is 53.1 Å². The number of hydrogen-bond acceptors (Lipinski definition) is 4. The Balaban J connectivity index is 1.85. The van der Waals surface area contributed by atoms with E-state index in [1.165, 1.54) is 0 Å². The lowest BCUT2D eigenvalue weighted by molar-refractivity contribution is -0.0893. The fourth-order valence-electron chi connectivity index (χ4n) is 3.05. The van der Waals surface area contributed by atoms with Gasteiger partial charge >= 0.3 is 7.48 Å². The summed E-state index contributed by atoms with van der Waals surface area (Å²) in [6.07, 6.45) is 1.74. The minimum absolute atomic E-state index is 0.372. The second kappa shape index (κ2) is 5.83. The van der Waals surface area contributed by atoms with E-state index in [0.717, 1.165) is 32.6 Å². The summed E-state index contributed by atoms with van der Waals surface area (Å²) in [4.78, 5) is 4.41. The first-order valence-corrected chi connectivity index (χ1v) is 8.82. The number of hydrogen-bond donors (Lipinski definition) is 1. The molecule has 2 heterocycles. The van der Waals surface area contributed by atoms with Gasteiger partial charge in [0, 0.05) is 22.4 Å². The van der Waals surface area contributed by atoms with E-state index >= 15 is 0 Å². The average molecular weight is 347 g/mol. The predicted molar refractivity (Wildman–Crippen MR) is 107 cm³/mol. The summed E-state index contributed by atoms with van der Waals surface area (Å²) in [6.45, 7) is 7.31. The van der Waals surface area contributed by atoms with Gasteiger partial charge in [0.2, 0.25) is 5.71 Å². The lowest BCUT2D eigenvalue weighted by atomic mass is 9.81. The van der Waals surface area contributed by atoms with E-state index in [1.54, 1.807) is 20.0 Å². The SMILES string of the molecule is CC(C)(O)C(C)(C)OBc1ccnc2oc3c4ccccc4ccc3c12. The maximum atomic E-state index is 10.3. The standard InChI is InChI=1S/C21H22BNO3/c1-20(2,24)21(3,4)26-22-16-11-12-23-19-17(16)15-10-9-13-7-5-6-8-14(13)18(15)25-19/h5-12,22,24H,1-4H3. The zero-order valence-electron chi connectivity index (χ0n) is 15.5. The highest BCUT2D eigenvalue weighted by molar-refractivity contribution is 6.52. The van der Waals surface area contributed by atoms with Crippen LogP contribution in [0.5, 0.6) is 0 Å². The molecule has 0 fully saturated rings. The number of pyridine rings is 1. The molecule has 4 rings (SSSR count). The van der Waals surface area contributed by atoms with Crippen LogP contribution in [0.4, 0.5) is 0 Å². The van der Waals surface area contributed by atoms with Crippen molar-refractivity contribution in [3.05, 3.63) is 48.7 Å². The van der Waals surface area contributed by atoms with Crippen molar-refractivity contribution in [1.82, 2.24) is 4.98 Å². The molecule has 2 aromatic heterocycles. The largest absolute Gasteiger partial charge is 0.437 e. The molecule has 0 unspecified atom stereocenters. The molecule has 4 nitrogen and oxygen atoms in total. The number of aliphatic hydroxyl groups is 1. The van der Waals surface area contributed by atoms with E-state index < -0.39 is 11.2 Å². The highest BCUT2D eigenvalue weighted by Crippen LogP contribution is 2.32. The summed E-state index contributed by atoms with van der Waals surface area (Å²) < 4.78 is 12.2. The van der Waals surface area contributed by atoms with Gasteiger partial charge in [-0.15, -0.1) is 0 Å². The molecule has 0 saturated carbocycles. The Labute approximate surface area is 153 Å². The third-order valence-corrected chi connectivity index (χ3v) is 5.41. The molecule has 2 aromatic carbocycles. The van der Waals surface area contributed by atoms with E-state index in [0.29, 0.717) is 13.2 Å². The van der Waals surface area contributed by atoms with E-state index in [9.17, 15) is 5.11 Å². The van der Waals surface area contributed by atoms with Crippen LogP contribution in [0.1, 0.15) is 27.7 Å². The molecule has 132 valence electrons. The normalized spacial score (nSPS) is 13.0. The summed E-state index contributed by atoms with van der Waals surface area (Å²) in [7, 11) is 0.372. The molecule has 0 spiro atoms. The first kappa shape index (κ1) is 17.1. The van der Waals surface area contributed by atoms with Gasteiger partial charge in [-0.3, -0.25) is 0 Å². The fraction of sp³-hybridized carbons (Fsp3) is 0.286. The molecular weight excluding hydrogens is 325 g/mol. The van der Waals surface area contributed by atoms with Crippen molar-refractivity contribution in [3.63, 3.8) is 0 Å². The van der Waals surface area contributed by atoms with Crippen molar-refractivity contribution in [2.75, 3.05) is 0 Å². The minimum atomic E-state index is -0.951. The van der Waals surface area contributed by atoms with Gasteiger partial charge in [0.25, 0.3) is 0 Å². The zero-order chi connectivity index (χ0) is 18.5. The van der Waals surface area contributed by atoms with Crippen molar-refractivity contribution in [2.24, 2.45) is 0 Å². The van der Waals surface area contributed by atoms with Crippen molar-refractivity contribution < 1.29 is 14.2 Å². The summed E-state index contributed by atoms with van der Waals surface area (Å²) >= 11 is 0. The molecule has 4 aromatic rings. The minimum Gasteiger partial charge on any atom is -0.437 e. The first-order chi connectivity index (χ1) is 12.3. The Morgan fingerprint density at radius 1 is 1.00 bits per heavy atom. The molecule has 0 saturated heterocycles. The zero-order valence-corrected chi connectivity index (χ0v) is 15.5. The highest BCUT2D eigenvalue weighted by Gasteiger charge is 2.35. The highest BCUT2D eigenvalue weighted by atomic mass is 16.5. The molecule has 0 aliphatic carbocycles. The van der Waals surface area contributed by atoms with Gasteiger partial charge in [0.05, 0.1) is 11.2 Å². The maximum Gasteiger partial charge on any atom is 0.310 e. The first-order valence-electron chi connectivity index (χ1n) is 8.82. The van der Waals surface area contributed by atoms with Gasteiger partial charge in [-0.05, 0) is 50.7 Å². The molecule has 5 heteroatoms. The Morgan fingerprint density at radius 2 is 1.77 bits per heavy atom. The lowest BCUT2D eigenvalue weighted by Crippen LogP contribution is -2.49. The number of aromatic nitrogens is 1. The number of furan rings is 1. The molecule has 0 amide bonds. The number of rotatable bonds is 4. The summed E-state index contributed by atoms with van der Waals surface area (Å²) in [6, 6.07) is 14.3. The van der Waals surface area contributed by atoms with E-state index in [1.807, 2.05) is 32.0 Å². The summed E-state index contributed by atoms with van der Waals surface area (Å²) in [5.74, 6) is 0. The maximum absolute atomic E-state index is 10.3. The molecule has 0 aliphatic rings. The number of fused-ring (bicyclic) bond motifs is 5. The predicted octanol–water partition coefficient (Wildman–Crippen LogP) is 3.68. The third-order valence-electron chi connectivity index (χ3n) is 5.41. The summed E-state index contributed by atoms with van der Waals surface area (Å²) in [5, 5.41) is 14.6. The van der Waals surface area contributed by atoms with Crippen molar-refractivity contribution >= 4 is 45.8 Å². The molecular formula is C21H22BNO3. The van der Waals surface area contributed by atoms with Crippen LogP contribution >= 0.6 is 0 Å². The van der Waals surface area contributed by atoms with E-state index in [2.05, 4.69) is 29.2 Å². The van der Waals surface area contributed by atoms with Crippen molar-refractivity contribution in [1.29, 1.82) is 0 Å². The van der Waals surface area contributed by atoms with E-state index in [-0.39, 0.29) is 0 Å². The summed E-state index contributed by atoms with van der Waals surface area (Å²) in [5.41, 5.74) is 0.822. The van der Waals surface area contributed by atoms with Crippen LogP contribution in [-0.2, 0) is 4.65 Å². The smallest absolute Gasteiger partial charge is 0.310 e. The van der Waals surface area contributed by atoms with Gasteiger partial charge in [0.1, 0.15) is 5.58 Å². The lowest BCUT2D eigenvalue weighted by Gasteiger charge is -2.37. The fourth-order valence-corrected chi connectivity index (χ4v) is 3.05. The number of nitrogens with zero attached hydrogens (tertiary/aromatic N) is 1. The quantitative estimate of drug-likeness (QED) is 0.572. The monoisotopic (exact) mass is 347 g/mol. The van der Waals surface area contributed by atoms with Crippen LogP contribution < -0.4 is 5.46 Å². The van der Waals surface area contributed by atoms with Gasteiger partial charge in [-0.25, -0.2) is 4.98 Å². The molecule has 1 N–H and O–H groups in total. The number of benzene rings is 2. The van der Waals surface area contributed by atoms with Crippen molar-refractivity contribution in [3.8, 4) is 0 Å². The Morgan fingerprint density at radius 3 is 2.54 bits per heavy atom. The Kier molecular flexibility index (Phi) is 3.83. The molecule has 0 aliphatic heterocycles. The molecule has 0 atom stereocenters. The Hall–Kier alpha value is -2.37. The molecule has 26 heavy (non-hydrogen) atoms. The second-order valence-electron chi connectivity index (χ2n) is 7.77. The van der Waals surface area contributed by atoms with Gasteiger partial charge in [0.15, 0.2) is 0 Å². The van der Waals surface area contributed by atoms with Crippen LogP contribution in [0.2, 0.25) is 0 Å². The average Bonchev–Trinajstić information content (AvgIpc) is 2.98. The molecule has 0 radical (unpaired) electrons. The van der Waals surface area contributed by atoms with Gasteiger partial charge < -0.3 is 14.2 Å². The van der Waals surface area contributed by atoms with Crippen LogP contribution in [0.25, 0.3) is 32.8 Å².